The second-order valence-corrected chi connectivity index (χ2v) is 2.41. The van der Waals surface area contributed by atoms with Crippen molar-refractivity contribution in [1.29, 1.82) is 0 Å². The SMILES string of the molecule is O=[C]Nc1cccc([N+](=O)[O-])c1[N+](=O)[O-]. The van der Waals surface area contributed by atoms with E-state index < -0.39 is 21.2 Å². The van der Waals surface area contributed by atoms with E-state index in [1.54, 1.807) is 0 Å². The zero-order chi connectivity index (χ0) is 11.4. The van der Waals surface area contributed by atoms with Gasteiger partial charge in [0.15, 0.2) is 0 Å². The average Bonchev–Trinajstić information content (AvgIpc) is 2.17. The van der Waals surface area contributed by atoms with Crippen LogP contribution < -0.4 is 5.32 Å². The molecule has 0 atom stereocenters. The van der Waals surface area contributed by atoms with Crippen LogP contribution in [-0.4, -0.2) is 16.3 Å². The standard InChI is InChI=1S/C7H4N3O5/c11-4-8-5-2-1-3-6(9(12)13)7(5)10(14)15/h1-3H,(H,8,11). The molecule has 1 amide bonds. The fraction of sp³-hybridized carbons (Fsp3) is 0. The van der Waals surface area contributed by atoms with E-state index >= 15 is 0 Å². The quantitative estimate of drug-likeness (QED) is 0.451. The number of para-hydroxylation sites is 1. The number of nitro benzene ring substituents is 2. The summed E-state index contributed by atoms with van der Waals surface area (Å²) in [4.78, 5) is 29.2. The monoisotopic (exact) mass is 210 g/mol. The molecule has 0 aliphatic heterocycles. The van der Waals surface area contributed by atoms with Crippen molar-refractivity contribution in [2.75, 3.05) is 5.32 Å². The topological polar surface area (TPSA) is 115 Å². The van der Waals surface area contributed by atoms with Gasteiger partial charge in [0.2, 0.25) is 0 Å². The maximum atomic E-state index is 10.6. The number of benzene rings is 1. The second kappa shape index (κ2) is 4.13. The number of anilines is 1. The summed E-state index contributed by atoms with van der Waals surface area (Å²) in [7, 11) is 0. The molecule has 0 bridgehead atoms. The van der Waals surface area contributed by atoms with Crippen LogP contribution in [0.2, 0.25) is 0 Å². The highest BCUT2D eigenvalue weighted by Crippen LogP contribution is 2.33. The number of carbonyl (C=O) groups excluding carboxylic acids is 1. The molecule has 0 aliphatic rings. The smallest absolute Gasteiger partial charge is 0.312 e. The highest BCUT2D eigenvalue weighted by atomic mass is 16.6. The van der Waals surface area contributed by atoms with Gasteiger partial charge in [0, 0.05) is 6.07 Å². The first kappa shape index (κ1) is 10.6. The largest absolute Gasteiger partial charge is 0.369 e. The average molecular weight is 210 g/mol. The molecule has 0 aromatic heterocycles. The van der Waals surface area contributed by atoms with Gasteiger partial charge in [-0.25, -0.2) is 0 Å². The molecule has 77 valence electrons. The predicted octanol–water partition coefficient (Wildman–Crippen LogP) is 0.982. The van der Waals surface area contributed by atoms with E-state index in [1.807, 2.05) is 5.32 Å². The van der Waals surface area contributed by atoms with Gasteiger partial charge >= 0.3 is 17.8 Å². The van der Waals surface area contributed by atoms with Gasteiger partial charge in [-0.2, -0.15) is 0 Å². The van der Waals surface area contributed by atoms with Crippen LogP contribution in [0, 0.1) is 20.2 Å². The fourth-order valence-electron chi connectivity index (χ4n) is 1.03. The van der Waals surface area contributed by atoms with E-state index in [9.17, 15) is 25.0 Å². The van der Waals surface area contributed by atoms with Gasteiger partial charge in [-0.3, -0.25) is 25.0 Å². The van der Waals surface area contributed by atoms with Crippen LogP contribution in [0.15, 0.2) is 18.2 Å². The lowest BCUT2D eigenvalue weighted by Crippen LogP contribution is -2.02. The van der Waals surface area contributed by atoms with Crippen LogP contribution in [0.1, 0.15) is 0 Å². The zero-order valence-electron chi connectivity index (χ0n) is 7.17. The maximum absolute atomic E-state index is 10.6. The van der Waals surface area contributed by atoms with Crippen molar-refractivity contribution in [1.82, 2.24) is 0 Å². The lowest BCUT2D eigenvalue weighted by atomic mass is 10.2. The fourth-order valence-corrected chi connectivity index (χ4v) is 1.03. The van der Waals surface area contributed by atoms with Crippen molar-refractivity contribution in [2.24, 2.45) is 0 Å². The number of nitrogens with one attached hydrogen (secondary N) is 1. The van der Waals surface area contributed by atoms with Gasteiger partial charge in [-0.1, -0.05) is 6.07 Å². The summed E-state index contributed by atoms with van der Waals surface area (Å²) < 4.78 is 0. The minimum absolute atomic E-state index is 0.260. The van der Waals surface area contributed by atoms with Crippen molar-refractivity contribution in [3.05, 3.63) is 38.4 Å². The van der Waals surface area contributed by atoms with Gasteiger partial charge in [0.25, 0.3) is 0 Å². The van der Waals surface area contributed by atoms with E-state index in [-0.39, 0.29) is 5.69 Å². The Bertz CT molecular complexity index is 431. The molecular weight excluding hydrogens is 206 g/mol. The first-order valence-corrected chi connectivity index (χ1v) is 3.63. The summed E-state index contributed by atoms with van der Waals surface area (Å²) in [5.74, 6) is 0. The molecule has 1 N–H and O–H groups in total. The Hall–Kier alpha value is -2.51. The molecular formula is C7H4N3O5. The molecule has 0 heterocycles. The summed E-state index contributed by atoms with van der Waals surface area (Å²) in [5.41, 5.74) is -1.70. The van der Waals surface area contributed by atoms with Gasteiger partial charge in [0.05, 0.1) is 9.85 Å². The summed E-state index contributed by atoms with van der Waals surface area (Å²) >= 11 is 0. The molecule has 0 fully saturated rings. The minimum Gasteiger partial charge on any atom is -0.312 e. The number of hydrogen-bond acceptors (Lipinski definition) is 5. The molecule has 1 radical (unpaired) electrons. The molecule has 8 nitrogen and oxygen atoms in total. The minimum atomic E-state index is -0.933. The van der Waals surface area contributed by atoms with Crippen molar-refractivity contribution < 1.29 is 14.6 Å². The molecule has 0 spiro atoms. The summed E-state index contributed by atoms with van der Waals surface area (Å²) in [6.45, 7) is 0. The molecule has 0 saturated carbocycles. The van der Waals surface area contributed by atoms with Gasteiger partial charge < -0.3 is 5.32 Å². The Kier molecular flexibility index (Phi) is 2.91. The Balaban J connectivity index is 3.40. The van der Waals surface area contributed by atoms with E-state index in [1.165, 1.54) is 18.5 Å². The van der Waals surface area contributed by atoms with E-state index in [4.69, 9.17) is 0 Å². The third-order valence-corrected chi connectivity index (χ3v) is 1.58. The molecule has 0 saturated heterocycles. The molecule has 1 aromatic rings. The summed E-state index contributed by atoms with van der Waals surface area (Å²) in [5, 5.41) is 22.9. The summed E-state index contributed by atoms with van der Waals surface area (Å²) in [6.07, 6.45) is 1.22. The molecule has 15 heavy (non-hydrogen) atoms. The highest BCUT2D eigenvalue weighted by molar-refractivity contribution is 5.81. The molecule has 1 rings (SSSR count). The van der Waals surface area contributed by atoms with Crippen LogP contribution in [0.5, 0.6) is 0 Å². The van der Waals surface area contributed by atoms with Crippen molar-refractivity contribution in [2.45, 2.75) is 0 Å². The van der Waals surface area contributed by atoms with Crippen molar-refractivity contribution in [3.8, 4) is 0 Å². The van der Waals surface area contributed by atoms with Crippen LogP contribution in [0.3, 0.4) is 0 Å². The number of hydrogen-bond donors (Lipinski definition) is 1. The third-order valence-electron chi connectivity index (χ3n) is 1.58. The first-order chi connectivity index (χ1) is 7.07. The van der Waals surface area contributed by atoms with Crippen LogP contribution >= 0.6 is 0 Å². The summed E-state index contributed by atoms with van der Waals surface area (Å²) in [6, 6.07) is 3.38. The normalized spacial score (nSPS) is 9.33. The molecule has 0 unspecified atom stereocenters. The highest BCUT2D eigenvalue weighted by Gasteiger charge is 2.27. The van der Waals surface area contributed by atoms with E-state index in [0.717, 1.165) is 6.07 Å². The second-order valence-electron chi connectivity index (χ2n) is 2.41. The Morgan fingerprint density at radius 3 is 2.33 bits per heavy atom. The zero-order valence-corrected chi connectivity index (χ0v) is 7.17. The third kappa shape index (κ3) is 2.05. The number of amides is 1. The number of rotatable bonds is 4. The van der Waals surface area contributed by atoms with Crippen LogP contribution in [0.25, 0.3) is 0 Å². The number of nitrogens with zero attached hydrogens (tertiary/aromatic N) is 2. The predicted molar refractivity (Wildman–Crippen MR) is 49.1 cm³/mol. The van der Waals surface area contributed by atoms with Crippen LogP contribution in [0.4, 0.5) is 17.1 Å². The first-order valence-electron chi connectivity index (χ1n) is 3.63. The Labute approximate surface area is 82.8 Å². The lowest BCUT2D eigenvalue weighted by Gasteiger charge is -1.99. The van der Waals surface area contributed by atoms with Gasteiger partial charge in [0.1, 0.15) is 5.69 Å². The van der Waals surface area contributed by atoms with E-state index in [2.05, 4.69) is 0 Å². The Morgan fingerprint density at radius 2 is 1.87 bits per heavy atom. The van der Waals surface area contributed by atoms with Crippen molar-refractivity contribution in [3.63, 3.8) is 0 Å². The molecule has 8 heteroatoms. The van der Waals surface area contributed by atoms with Crippen LogP contribution in [-0.2, 0) is 4.79 Å². The lowest BCUT2D eigenvalue weighted by molar-refractivity contribution is -0.421. The van der Waals surface area contributed by atoms with Gasteiger partial charge in [-0.15, -0.1) is 0 Å². The van der Waals surface area contributed by atoms with Crippen molar-refractivity contribution >= 4 is 23.5 Å². The molecule has 0 aliphatic carbocycles. The van der Waals surface area contributed by atoms with E-state index in [0.29, 0.717) is 0 Å². The maximum Gasteiger partial charge on any atom is 0.369 e. The number of nitro groups is 2. The molecule has 1 aromatic carbocycles. The Morgan fingerprint density at radius 1 is 1.20 bits per heavy atom. The van der Waals surface area contributed by atoms with Gasteiger partial charge in [-0.05, 0) is 6.07 Å².